The monoisotopic (exact) mass is 239 g/mol. The van der Waals surface area contributed by atoms with Gasteiger partial charge in [0.1, 0.15) is 0 Å². The molecule has 1 N–H and O–H groups in total. The topological polar surface area (TPSA) is 62.4 Å². The molecule has 2 rings (SSSR count). The van der Waals surface area contributed by atoms with E-state index in [9.17, 15) is 0 Å². The van der Waals surface area contributed by atoms with Gasteiger partial charge < -0.3 is 9.63 Å². The lowest BCUT2D eigenvalue weighted by molar-refractivity contribution is 0.179. The summed E-state index contributed by atoms with van der Waals surface area (Å²) in [6.07, 6.45) is 5.54. The van der Waals surface area contributed by atoms with Crippen LogP contribution >= 0.6 is 0 Å². The SMILES string of the molecule is CCCCc1nc(CN(CCO)C2CC2)no1. The Balaban J connectivity index is 1.85. The van der Waals surface area contributed by atoms with Gasteiger partial charge in [0.2, 0.25) is 5.89 Å². The summed E-state index contributed by atoms with van der Waals surface area (Å²) in [6, 6.07) is 0.611. The molecule has 1 saturated carbocycles. The fourth-order valence-electron chi connectivity index (χ4n) is 1.92. The lowest BCUT2D eigenvalue weighted by Crippen LogP contribution is -2.29. The van der Waals surface area contributed by atoms with Gasteiger partial charge in [0, 0.05) is 19.0 Å². The number of aliphatic hydroxyl groups excluding tert-OH is 1. The van der Waals surface area contributed by atoms with Crippen molar-refractivity contribution < 1.29 is 9.63 Å². The van der Waals surface area contributed by atoms with Crippen LogP contribution in [0.3, 0.4) is 0 Å². The fourth-order valence-corrected chi connectivity index (χ4v) is 1.92. The van der Waals surface area contributed by atoms with E-state index in [0.717, 1.165) is 31.0 Å². The maximum Gasteiger partial charge on any atom is 0.226 e. The molecule has 1 heterocycles. The number of nitrogens with zero attached hydrogens (tertiary/aromatic N) is 3. The van der Waals surface area contributed by atoms with E-state index in [2.05, 4.69) is 22.0 Å². The van der Waals surface area contributed by atoms with Crippen molar-refractivity contribution in [3.63, 3.8) is 0 Å². The second-order valence-electron chi connectivity index (χ2n) is 4.63. The van der Waals surface area contributed by atoms with E-state index in [1.165, 1.54) is 12.8 Å². The summed E-state index contributed by atoms with van der Waals surface area (Å²) in [7, 11) is 0. The molecule has 17 heavy (non-hydrogen) atoms. The van der Waals surface area contributed by atoms with Crippen LogP contribution in [-0.4, -0.2) is 39.3 Å². The summed E-state index contributed by atoms with van der Waals surface area (Å²) in [5, 5.41) is 13.0. The average molecular weight is 239 g/mol. The van der Waals surface area contributed by atoms with E-state index in [1.807, 2.05) is 0 Å². The summed E-state index contributed by atoms with van der Waals surface area (Å²) in [4.78, 5) is 6.61. The van der Waals surface area contributed by atoms with E-state index in [4.69, 9.17) is 9.63 Å². The summed E-state index contributed by atoms with van der Waals surface area (Å²) in [5.41, 5.74) is 0. The van der Waals surface area contributed by atoms with Crippen molar-refractivity contribution in [2.24, 2.45) is 0 Å². The Morgan fingerprint density at radius 1 is 1.47 bits per heavy atom. The second-order valence-corrected chi connectivity index (χ2v) is 4.63. The highest BCUT2D eigenvalue weighted by Gasteiger charge is 2.29. The molecule has 0 saturated heterocycles. The summed E-state index contributed by atoms with van der Waals surface area (Å²) >= 11 is 0. The Hall–Kier alpha value is -0.940. The summed E-state index contributed by atoms with van der Waals surface area (Å²) in [5.74, 6) is 1.48. The average Bonchev–Trinajstić information content (AvgIpc) is 3.08. The third-order valence-electron chi connectivity index (χ3n) is 3.05. The number of hydrogen-bond donors (Lipinski definition) is 1. The summed E-state index contributed by atoms with van der Waals surface area (Å²) in [6.45, 7) is 3.73. The van der Waals surface area contributed by atoms with Gasteiger partial charge in [-0.05, 0) is 19.3 Å². The van der Waals surface area contributed by atoms with E-state index in [1.54, 1.807) is 0 Å². The van der Waals surface area contributed by atoms with Crippen LogP contribution in [0.1, 0.15) is 44.3 Å². The predicted octanol–water partition coefficient (Wildman–Crippen LogP) is 1.37. The molecule has 0 amide bonds. The maximum absolute atomic E-state index is 9.01. The van der Waals surface area contributed by atoms with Gasteiger partial charge in [0.25, 0.3) is 0 Å². The van der Waals surface area contributed by atoms with Crippen LogP contribution in [0.4, 0.5) is 0 Å². The first-order valence-corrected chi connectivity index (χ1v) is 6.50. The van der Waals surface area contributed by atoms with Gasteiger partial charge in [-0.25, -0.2) is 0 Å². The molecule has 0 aromatic carbocycles. The quantitative estimate of drug-likeness (QED) is 0.742. The van der Waals surface area contributed by atoms with Crippen LogP contribution in [0.2, 0.25) is 0 Å². The van der Waals surface area contributed by atoms with E-state index < -0.39 is 0 Å². The van der Waals surface area contributed by atoms with Gasteiger partial charge >= 0.3 is 0 Å². The summed E-state index contributed by atoms with van der Waals surface area (Å²) < 4.78 is 5.20. The van der Waals surface area contributed by atoms with Crippen molar-refractivity contribution in [2.75, 3.05) is 13.2 Å². The molecule has 5 heteroatoms. The Morgan fingerprint density at radius 2 is 2.29 bits per heavy atom. The molecule has 0 aliphatic heterocycles. The molecule has 0 atom stereocenters. The molecule has 0 spiro atoms. The highest BCUT2D eigenvalue weighted by molar-refractivity contribution is 4.91. The smallest absolute Gasteiger partial charge is 0.226 e. The number of aromatic nitrogens is 2. The first kappa shape index (κ1) is 12.5. The maximum atomic E-state index is 9.01. The second kappa shape index (κ2) is 6.12. The minimum atomic E-state index is 0.192. The Bertz CT molecular complexity index is 336. The lowest BCUT2D eigenvalue weighted by atomic mass is 10.2. The first-order chi connectivity index (χ1) is 8.33. The van der Waals surface area contributed by atoms with Crippen molar-refractivity contribution in [3.05, 3.63) is 11.7 Å². The fraction of sp³-hybridized carbons (Fsp3) is 0.833. The Morgan fingerprint density at radius 3 is 2.94 bits per heavy atom. The zero-order valence-corrected chi connectivity index (χ0v) is 10.4. The van der Waals surface area contributed by atoms with Gasteiger partial charge in [0.05, 0.1) is 13.2 Å². The molecule has 1 aliphatic carbocycles. The van der Waals surface area contributed by atoms with Crippen molar-refractivity contribution in [3.8, 4) is 0 Å². The first-order valence-electron chi connectivity index (χ1n) is 6.50. The minimum absolute atomic E-state index is 0.192. The van der Waals surface area contributed by atoms with Crippen LogP contribution in [0.15, 0.2) is 4.52 Å². The molecule has 0 bridgehead atoms. The Labute approximate surface area is 102 Å². The lowest BCUT2D eigenvalue weighted by Gasteiger charge is -2.18. The van der Waals surface area contributed by atoms with Crippen LogP contribution in [0, 0.1) is 0 Å². The molecule has 5 nitrogen and oxygen atoms in total. The zero-order valence-electron chi connectivity index (χ0n) is 10.4. The van der Waals surface area contributed by atoms with Crippen molar-refractivity contribution in [1.82, 2.24) is 15.0 Å². The van der Waals surface area contributed by atoms with Crippen LogP contribution in [0.5, 0.6) is 0 Å². The largest absolute Gasteiger partial charge is 0.395 e. The van der Waals surface area contributed by atoms with Gasteiger partial charge in [-0.2, -0.15) is 4.98 Å². The normalized spacial score (nSPS) is 15.7. The standard InChI is InChI=1S/C12H21N3O2/c1-2-3-4-12-13-11(14-17-12)9-15(7-8-16)10-5-6-10/h10,16H,2-9H2,1H3. The number of rotatable bonds is 8. The van der Waals surface area contributed by atoms with Crippen LogP contribution in [0.25, 0.3) is 0 Å². The van der Waals surface area contributed by atoms with Gasteiger partial charge in [-0.1, -0.05) is 18.5 Å². The van der Waals surface area contributed by atoms with Gasteiger partial charge in [-0.3, -0.25) is 4.90 Å². The highest BCUT2D eigenvalue weighted by Crippen LogP contribution is 2.27. The van der Waals surface area contributed by atoms with Crippen LogP contribution in [-0.2, 0) is 13.0 Å². The number of unbranched alkanes of at least 4 members (excludes halogenated alkanes) is 1. The zero-order chi connectivity index (χ0) is 12.1. The predicted molar refractivity (Wildman–Crippen MR) is 63.4 cm³/mol. The number of aryl methyl sites for hydroxylation is 1. The van der Waals surface area contributed by atoms with Gasteiger partial charge in [-0.15, -0.1) is 0 Å². The Kier molecular flexibility index (Phi) is 4.50. The highest BCUT2D eigenvalue weighted by atomic mass is 16.5. The molecule has 1 fully saturated rings. The molecule has 1 aromatic heterocycles. The van der Waals surface area contributed by atoms with E-state index in [-0.39, 0.29) is 6.61 Å². The third-order valence-corrected chi connectivity index (χ3v) is 3.05. The van der Waals surface area contributed by atoms with E-state index in [0.29, 0.717) is 19.1 Å². The number of hydrogen-bond acceptors (Lipinski definition) is 5. The molecule has 0 unspecified atom stereocenters. The molecular weight excluding hydrogens is 218 g/mol. The molecule has 1 aromatic rings. The van der Waals surface area contributed by atoms with Crippen molar-refractivity contribution in [1.29, 1.82) is 0 Å². The van der Waals surface area contributed by atoms with Crippen LogP contribution < -0.4 is 0 Å². The van der Waals surface area contributed by atoms with Gasteiger partial charge in [0.15, 0.2) is 5.82 Å². The molecule has 0 radical (unpaired) electrons. The van der Waals surface area contributed by atoms with Crippen molar-refractivity contribution in [2.45, 2.75) is 51.6 Å². The molecular formula is C12H21N3O2. The molecule has 1 aliphatic rings. The van der Waals surface area contributed by atoms with E-state index >= 15 is 0 Å². The van der Waals surface area contributed by atoms with Crippen molar-refractivity contribution >= 4 is 0 Å². The minimum Gasteiger partial charge on any atom is -0.395 e. The molecule has 96 valence electrons. The number of aliphatic hydroxyl groups is 1. The third kappa shape index (κ3) is 3.78.